The van der Waals surface area contributed by atoms with E-state index in [9.17, 15) is 34.4 Å². The predicted molar refractivity (Wildman–Crippen MR) is 162 cm³/mol. The summed E-state index contributed by atoms with van der Waals surface area (Å²) in [6.45, 7) is 2.93. The maximum absolute atomic E-state index is 12.4. The lowest BCUT2D eigenvalue weighted by molar-refractivity contribution is -0.870. The van der Waals surface area contributed by atoms with E-state index in [-0.39, 0.29) is 37.9 Å². The van der Waals surface area contributed by atoms with Gasteiger partial charge in [-0.15, -0.1) is 0 Å². The molecule has 0 radical (unpaired) electrons. The third-order valence-electron chi connectivity index (χ3n) is 7.11. The van der Waals surface area contributed by atoms with Crippen LogP contribution in [0.3, 0.4) is 0 Å². The number of phosphoric ester groups is 1. The average molecular weight is 637 g/mol. The van der Waals surface area contributed by atoms with Crippen molar-refractivity contribution in [2.75, 3.05) is 47.5 Å². The van der Waals surface area contributed by atoms with Crippen LogP contribution < -0.4 is 0 Å². The molecule has 4 N–H and O–H groups in total. The average Bonchev–Trinajstić information content (AvgIpc) is 3.17. The maximum Gasteiger partial charge on any atom is 0.472 e. The Balaban J connectivity index is 2.50. The summed E-state index contributed by atoms with van der Waals surface area (Å²) in [4.78, 5) is 33.5. The molecule has 0 saturated heterocycles. The van der Waals surface area contributed by atoms with E-state index in [1.807, 2.05) is 39.4 Å². The van der Waals surface area contributed by atoms with E-state index in [4.69, 9.17) is 18.5 Å². The van der Waals surface area contributed by atoms with Gasteiger partial charge in [-0.25, -0.2) is 4.57 Å². The van der Waals surface area contributed by atoms with Gasteiger partial charge in [-0.3, -0.25) is 18.6 Å². The molecule has 1 rings (SSSR count). The highest BCUT2D eigenvalue weighted by Crippen LogP contribution is 2.43. The summed E-state index contributed by atoms with van der Waals surface area (Å²) in [5, 5.41) is 31.0. The zero-order chi connectivity index (χ0) is 32.5. The van der Waals surface area contributed by atoms with Crippen LogP contribution in [0.1, 0.15) is 71.6 Å². The first-order valence-corrected chi connectivity index (χ1v) is 16.8. The third-order valence-corrected chi connectivity index (χ3v) is 8.10. The van der Waals surface area contributed by atoms with Gasteiger partial charge in [0.15, 0.2) is 6.10 Å². The van der Waals surface area contributed by atoms with Crippen molar-refractivity contribution in [1.82, 2.24) is 0 Å². The van der Waals surface area contributed by atoms with Crippen LogP contribution in [0.2, 0.25) is 0 Å². The maximum atomic E-state index is 12.4. The van der Waals surface area contributed by atoms with Crippen LogP contribution in [0.4, 0.5) is 0 Å². The monoisotopic (exact) mass is 636 g/mol. The fourth-order valence-corrected chi connectivity index (χ4v) is 5.36. The molecule has 1 saturated carbocycles. The Labute approximate surface area is 256 Å². The van der Waals surface area contributed by atoms with Crippen molar-refractivity contribution in [1.29, 1.82) is 0 Å². The van der Waals surface area contributed by atoms with Crippen molar-refractivity contribution in [2.45, 2.75) is 96.1 Å². The van der Waals surface area contributed by atoms with Crippen LogP contribution in [0.15, 0.2) is 24.3 Å². The molecule has 0 aliphatic heterocycles. The van der Waals surface area contributed by atoms with E-state index < -0.39 is 50.8 Å². The summed E-state index contributed by atoms with van der Waals surface area (Å²) in [5.74, 6) is -1.59. The molecule has 0 bridgehead atoms. The highest BCUT2D eigenvalue weighted by Gasteiger charge is 2.39. The number of aliphatic hydroxyl groups is 3. The SMILES string of the molecule is CCCCC[C@H](O)/C=C/[C@@H]1[C@@H](C/C=C/CCCC(=O)O[C@H](COC(C)=O)COP(=O)(O)OCC[N+](C)(C)C)[C@@H](O)C[C@H]1O. The number of phosphoric acid groups is 1. The second-order valence-corrected chi connectivity index (χ2v) is 13.6. The first kappa shape index (κ1) is 39.4. The Morgan fingerprint density at radius 1 is 1.05 bits per heavy atom. The van der Waals surface area contributed by atoms with Gasteiger partial charge in [-0.05, 0) is 31.6 Å². The molecule has 13 heteroatoms. The Bertz CT molecular complexity index is 920. The summed E-state index contributed by atoms with van der Waals surface area (Å²) in [7, 11) is 1.31. The van der Waals surface area contributed by atoms with E-state index in [1.54, 1.807) is 6.08 Å². The van der Waals surface area contributed by atoms with Gasteiger partial charge in [0.25, 0.3) is 0 Å². The fourth-order valence-electron chi connectivity index (χ4n) is 4.61. The topological polar surface area (TPSA) is 169 Å². The summed E-state index contributed by atoms with van der Waals surface area (Å²) in [6.07, 6.45) is 10.1. The van der Waals surface area contributed by atoms with Crippen LogP contribution in [0.5, 0.6) is 0 Å². The lowest BCUT2D eigenvalue weighted by Crippen LogP contribution is -2.37. The third kappa shape index (κ3) is 18.7. The lowest BCUT2D eigenvalue weighted by atomic mass is 9.89. The summed E-state index contributed by atoms with van der Waals surface area (Å²) in [5.41, 5.74) is 0. The summed E-state index contributed by atoms with van der Waals surface area (Å²) in [6, 6.07) is 0. The molecule has 1 aliphatic carbocycles. The normalized spacial score (nSPS) is 23.8. The molecule has 0 heterocycles. The van der Waals surface area contributed by atoms with Crippen LogP contribution in [0, 0.1) is 11.8 Å². The van der Waals surface area contributed by atoms with Gasteiger partial charge < -0.3 is 34.2 Å². The molecule has 0 aromatic rings. The van der Waals surface area contributed by atoms with Crippen molar-refractivity contribution >= 4 is 19.8 Å². The number of allylic oxidation sites excluding steroid dienone is 2. The minimum absolute atomic E-state index is 0.0148. The van der Waals surface area contributed by atoms with Gasteiger partial charge in [0.05, 0.1) is 46.1 Å². The van der Waals surface area contributed by atoms with Crippen molar-refractivity contribution in [3.8, 4) is 0 Å². The molecule has 0 aromatic carbocycles. The quantitative estimate of drug-likeness (QED) is 0.0452. The number of esters is 2. The minimum Gasteiger partial charge on any atom is -0.462 e. The van der Waals surface area contributed by atoms with Gasteiger partial charge in [-0.1, -0.05) is 50.5 Å². The fraction of sp³-hybridized carbons (Fsp3) is 0.800. The Kier molecular flexibility index (Phi) is 18.7. The molecule has 7 atom stereocenters. The summed E-state index contributed by atoms with van der Waals surface area (Å²) < 4.78 is 32.8. The molecule has 1 fully saturated rings. The van der Waals surface area contributed by atoms with Gasteiger partial charge >= 0.3 is 19.8 Å². The minimum atomic E-state index is -4.40. The number of aliphatic hydroxyl groups excluding tert-OH is 3. The highest BCUT2D eigenvalue weighted by atomic mass is 31.2. The Hall–Kier alpha value is -1.63. The van der Waals surface area contributed by atoms with Crippen LogP contribution in [-0.2, 0) is 32.7 Å². The molecular formula is C30H55NO11P+. The zero-order valence-electron chi connectivity index (χ0n) is 26.5. The predicted octanol–water partition coefficient (Wildman–Crippen LogP) is 3.27. The number of likely N-dealkylation sites (N-methyl/N-ethyl adjacent to an activating group) is 1. The number of carbonyl (C=O) groups is 2. The van der Waals surface area contributed by atoms with Gasteiger partial charge in [0, 0.05) is 25.7 Å². The van der Waals surface area contributed by atoms with Crippen LogP contribution >= 0.6 is 7.82 Å². The molecule has 1 aliphatic rings. The van der Waals surface area contributed by atoms with Crippen LogP contribution in [-0.4, -0.2) is 109 Å². The van der Waals surface area contributed by atoms with Crippen molar-refractivity contribution in [2.24, 2.45) is 11.8 Å². The van der Waals surface area contributed by atoms with E-state index in [0.717, 1.165) is 19.3 Å². The standard InChI is InChI=1S/C30H54NO11P/c1-6-7-10-13-24(33)16-17-27-26(28(34)20-29(27)35)14-11-8-9-12-15-30(36)42-25(21-39-23(2)32)22-41-43(37,38)40-19-18-31(3,4)5/h8,11,16-17,24-29,33-35H,6-7,9-10,12-15,18-22H2,1-5H3/p+1/b11-8+,17-16+/t24-,25+,26+,27+,28-,29+/m0/s1. The second kappa shape index (κ2) is 20.4. The van der Waals surface area contributed by atoms with Crippen molar-refractivity contribution < 1.29 is 57.4 Å². The Morgan fingerprint density at radius 3 is 2.42 bits per heavy atom. The van der Waals surface area contributed by atoms with Gasteiger partial charge in [-0.2, -0.15) is 0 Å². The molecule has 0 aromatic heterocycles. The van der Waals surface area contributed by atoms with Crippen molar-refractivity contribution in [3.63, 3.8) is 0 Å². The first-order valence-electron chi connectivity index (χ1n) is 15.3. The molecule has 0 amide bonds. The van der Waals surface area contributed by atoms with Gasteiger partial charge in [0.1, 0.15) is 19.8 Å². The van der Waals surface area contributed by atoms with E-state index in [0.29, 0.717) is 36.7 Å². The number of rotatable bonds is 22. The molecule has 1 unspecified atom stereocenters. The smallest absolute Gasteiger partial charge is 0.462 e. The second-order valence-electron chi connectivity index (χ2n) is 12.2. The number of ether oxygens (including phenoxy) is 2. The molecule has 43 heavy (non-hydrogen) atoms. The lowest BCUT2D eigenvalue weighted by Gasteiger charge is -2.24. The van der Waals surface area contributed by atoms with E-state index >= 15 is 0 Å². The number of unbranched alkanes of at least 4 members (excludes halogenated alkanes) is 3. The largest absolute Gasteiger partial charge is 0.472 e. The number of hydrogen-bond donors (Lipinski definition) is 4. The Morgan fingerprint density at radius 2 is 1.77 bits per heavy atom. The molecule has 250 valence electrons. The number of quaternary nitrogens is 1. The number of hydrogen-bond acceptors (Lipinski definition) is 10. The first-order chi connectivity index (χ1) is 20.1. The van der Waals surface area contributed by atoms with Gasteiger partial charge in [0.2, 0.25) is 0 Å². The number of nitrogens with zero attached hydrogens (tertiary/aromatic N) is 1. The van der Waals surface area contributed by atoms with Crippen molar-refractivity contribution in [3.05, 3.63) is 24.3 Å². The number of carbonyl (C=O) groups excluding carboxylic acids is 2. The zero-order valence-corrected chi connectivity index (χ0v) is 27.4. The molecule has 0 spiro atoms. The van der Waals surface area contributed by atoms with Crippen LogP contribution in [0.25, 0.3) is 0 Å². The van der Waals surface area contributed by atoms with E-state index in [2.05, 4.69) is 6.92 Å². The van der Waals surface area contributed by atoms with E-state index in [1.165, 1.54) is 6.92 Å². The molecular weight excluding hydrogens is 581 g/mol. The summed E-state index contributed by atoms with van der Waals surface area (Å²) >= 11 is 0. The highest BCUT2D eigenvalue weighted by molar-refractivity contribution is 7.47. The molecule has 12 nitrogen and oxygen atoms in total.